The van der Waals surface area contributed by atoms with Crippen LogP contribution in [0.4, 0.5) is 8.78 Å². The number of hydrogen-bond acceptors (Lipinski definition) is 1. The molecule has 0 unspecified atom stereocenters. The van der Waals surface area contributed by atoms with Crippen LogP contribution in [0.25, 0.3) is 0 Å². The number of amides is 1. The second-order valence-electron chi connectivity index (χ2n) is 3.92. The summed E-state index contributed by atoms with van der Waals surface area (Å²) in [6.45, 7) is 0. The van der Waals surface area contributed by atoms with Crippen molar-refractivity contribution >= 4 is 5.91 Å². The van der Waals surface area contributed by atoms with E-state index in [1.54, 1.807) is 0 Å². The molecule has 0 atom stereocenters. The molecule has 0 aliphatic carbocycles. The average molecular weight is 247 g/mol. The summed E-state index contributed by atoms with van der Waals surface area (Å²) in [4.78, 5) is 11.0. The summed E-state index contributed by atoms with van der Waals surface area (Å²) in [5, 5.41) is 0. The van der Waals surface area contributed by atoms with Gasteiger partial charge in [-0.15, -0.1) is 0 Å². The van der Waals surface area contributed by atoms with Crippen molar-refractivity contribution in [2.45, 2.75) is 6.42 Å². The van der Waals surface area contributed by atoms with Gasteiger partial charge in [0.05, 0.1) is 0 Å². The minimum atomic E-state index is -1.10. The van der Waals surface area contributed by atoms with Crippen LogP contribution in [-0.4, -0.2) is 5.91 Å². The van der Waals surface area contributed by atoms with E-state index in [0.717, 1.165) is 11.6 Å². The SMILES string of the molecule is NC(=O)c1c(F)ccc(Cc2ccccc2)c1F. The molecule has 0 bridgehead atoms. The molecule has 0 fully saturated rings. The van der Waals surface area contributed by atoms with Crippen LogP contribution < -0.4 is 5.73 Å². The molecule has 2 aromatic rings. The molecule has 0 aromatic heterocycles. The highest BCUT2D eigenvalue weighted by Crippen LogP contribution is 2.19. The zero-order valence-electron chi connectivity index (χ0n) is 9.49. The van der Waals surface area contributed by atoms with Crippen LogP contribution in [0.1, 0.15) is 21.5 Å². The number of halogens is 2. The van der Waals surface area contributed by atoms with E-state index in [2.05, 4.69) is 0 Å². The molecule has 2 rings (SSSR count). The summed E-state index contributed by atoms with van der Waals surface area (Å²) in [5.74, 6) is -2.91. The highest BCUT2D eigenvalue weighted by Gasteiger charge is 2.18. The van der Waals surface area contributed by atoms with Gasteiger partial charge in [0.15, 0.2) is 0 Å². The van der Waals surface area contributed by atoms with Gasteiger partial charge in [-0.2, -0.15) is 0 Å². The minimum Gasteiger partial charge on any atom is -0.365 e. The fourth-order valence-corrected chi connectivity index (χ4v) is 1.77. The maximum Gasteiger partial charge on any atom is 0.254 e. The number of primary amides is 1. The Morgan fingerprint density at radius 2 is 1.72 bits per heavy atom. The molecule has 2 aromatic carbocycles. The Labute approximate surface area is 103 Å². The lowest BCUT2D eigenvalue weighted by Crippen LogP contribution is -2.16. The van der Waals surface area contributed by atoms with Crippen molar-refractivity contribution in [1.82, 2.24) is 0 Å². The highest BCUT2D eigenvalue weighted by atomic mass is 19.1. The molecule has 0 saturated heterocycles. The first-order chi connectivity index (χ1) is 8.59. The van der Waals surface area contributed by atoms with Crippen molar-refractivity contribution in [1.29, 1.82) is 0 Å². The van der Waals surface area contributed by atoms with E-state index >= 15 is 0 Å². The van der Waals surface area contributed by atoms with E-state index in [1.165, 1.54) is 6.07 Å². The third-order valence-electron chi connectivity index (χ3n) is 2.65. The largest absolute Gasteiger partial charge is 0.365 e. The first-order valence-electron chi connectivity index (χ1n) is 5.40. The fourth-order valence-electron chi connectivity index (χ4n) is 1.77. The third-order valence-corrected chi connectivity index (χ3v) is 2.65. The summed E-state index contributed by atoms with van der Waals surface area (Å²) in [6, 6.07) is 11.5. The fraction of sp³-hybridized carbons (Fsp3) is 0.0714. The van der Waals surface area contributed by atoms with Crippen LogP contribution >= 0.6 is 0 Å². The van der Waals surface area contributed by atoms with E-state index in [0.29, 0.717) is 0 Å². The highest BCUT2D eigenvalue weighted by molar-refractivity contribution is 5.93. The maximum atomic E-state index is 13.9. The molecule has 0 aliphatic heterocycles. The predicted molar refractivity (Wildman–Crippen MR) is 64.1 cm³/mol. The zero-order valence-corrected chi connectivity index (χ0v) is 9.49. The smallest absolute Gasteiger partial charge is 0.254 e. The number of rotatable bonds is 3. The van der Waals surface area contributed by atoms with Crippen molar-refractivity contribution in [3.63, 3.8) is 0 Å². The molecular formula is C14H11F2NO. The van der Waals surface area contributed by atoms with Gasteiger partial charge in [0.2, 0.25) is 0 Å². The summed E-state index contributed by atoms with van der Waals surface area (Å²) >= 11 is 0. The first kappa shape index (κ1) is 12.2. The van der Waals surface area contributed by atoms with Crippen molar-refractivity contribution in [2.75, 3.05) is 0 Å². The van der Waals surface area contributed by atoms with Crippen LogP contribution in [0.5, 0.6) is 0 Å². The summed E-state index contributed by atoms with van der Waals surface area (Å²) in [7, 11) is 0. The Morgan fingerprint density at radius 3 is 2.33 bits per heavy atom. The summed E-state index contributed by atoms with van der Waals surface area (Å²) < 4.78 is 27.2. The molecular weight excluding hydrogens is 236 g/mol. The van der Waals surface area contributed by atoms with Crippen molar-refractivity contribution in [3.05, 3.63) is 70.8 Å². The van der Waals surface area contributed by atoms with Crippen molar-refractivity contribution in [3.8, 4) is 0 Å². The van der Waals surface area contributed by atoms with Crippen LogP contribution in [-0.2, 0) is 6.42 Å². The van der Waals surface area contributed by atoms with Gasteiger partial charge >= 0.3 is 0 Å². The van der Waals surface area contributed by atoms with E-state index in [4.69, 9.17) is 5.73 Å². The molecule has 0 spiro atoms. The van der Waals surface area contributed by atoms with Gasteiger partial charge in [0, 0.05) is 6.42 Å². The first-order valence-corrected chi connectivity index (χ1v) is 5.40. The van der Waals surface area contributed by atoms with Crippen molar-refractivity contribution in [2.24, 2.45) is 5.73 Å². The topological polar surface area (TPSA) is 43.1 Å². The monoisotopic (exact) mass is 247 g/mol. The minimum absolute atomic E-state index is 0.247. The van der Waals surface area contributed by atoms with Gasteiger partial charge in [-0.3, -0.25) is 4.79 Å². The normalized spacial score (nSPS) is 10.3. The standard InChI is InChI=1S/C14H11F2NO/c15-11-7-6-10(13(16)12(11)14(17)18)8-9-4-2-1-3-5-9/h1-7H,8H2,(H2,17,18). The van der Waals surface area contributed by atoms with Crippen LogP contribution in [0.3, 0.4) is 0 Å². The quantitative estimate of drug-likeness (QED) is 0.890. The Hall–Kier alpha value is -2.23. The van der Waals surface area contributed by atoms with Gasteiger partial charge in [-0.25, -0.2) is 8.78 Å². The molecule has 4 heteroatoms. The van der Waals surface area contributed by atoms with Gasteiger partial charge in [0.1, 0.15) is 17.2 Å². The van der Waals surface area contributed by atoms with Crippen molar-refractivity contribution < 1.29 is 13.6 Å². The molecule has 2 nitrogen and oxygen atoms in total. The number of carbonyl (C=O) groups is 1. The molecule has 2 N–H and O–H groups in total. The van der Waals surface area contributed by atoms with Gasteiger partial charge in [-0.1, -0.05) is 36.4 Å². The van der Waals surface area contributed by atoms with Gasteiger partial charge in [-0.05, 0) is 17.2 Å². The second kappa shape index (κ2) is 4.96. The maximum absolute atomic E-state index is 13.9. The summed E-state index contributed by atoms with van der Waals surface area (Å²) in [6.07, 6.45) is 0.285. The molecule has 0 saturated carbocycles. The Kier molecular flexibility index (Phi) is 3.37. The number of carbonyl (C=O) groups excluding carboxylic acids is 1. The third kappa shape index (κ3) is 2.37. The summed E-state index contributed by atoms with van der Waals surface area (Å²) in [5.41, 5.74) is 5.40. The van der Waals surface area contributed by atoms with Crippen LogP contribution in [0.15, 0.2) is 42.5 Å². The molecule has 0 aliphatic rings. The molecule has 0 radical (unpaired) electrons. The number of hydrogen-bond donors (Lipinski definition) is 1. The van der Waals surface area contributed by atoms with E-state index in [9.17, 15) is 13.6 Å². The molecule has 92 valence electrons. The number of benzene rings is 2. The molecule has 18 heavy (non-hydrogen) atoms. The molecule has 0 heterocycles. The Bertz CT molecular complexity index is 582. The van der Waals surface area contributed by atoms with E-state index in [-0.39, 0.29) is 12.0 Å². The van der Waals surface area contributed by atoms with E-state index in [1.807, 2.05) is 30.3 Å². The Morgan fingerprint density at radius 1 is 1.06 bits per heavy atom. The predicted octanol–water partition coefficient (Wildman–Crippen LogP) is 2.65. The van der Waals surface area contributed by atoms with Gasteiger partial charge < -0.3 is 5.73 Å². The van der Waals surface area contributed by atoms with Crippen LogP contribution in [0, 0.1) is 11.6 Å². The molecule has 1 amide bonds. The number of nitrogens with two attached hydrogens (primary N) is 1. The lowest BCUT2D eigenvalue weighted by molar-refractivity contribution is 0.0992. The average Bonchev–Trinajstić information content (AvgIpc) is 2.34. The van der Waals surface area contributed by atoms with E-state index < -0.39 is 23.1 Å². The van der Waals surface area contributed by atoms with Gasteiger partial charge in [0.25, 0.3) is 5.91 Å². The zero-order chi connectivity index (χ0) is 13.1. The lowest BCUT2D eigenvalue weighted by atomic mass is 10.0. The van der Waals surface area contributed by atoms with Crippen LogP contribution in [0.2, 0.25) is 0 Å². The Balaban J connectivity index is 2.41. The second-order valence-corrected chi connectivity index (χ2v) is 3.92. The lowest BCUT2D eigenvalue weighted by Gasteiger charge is -2.07.